The van der Waals surface area contributed by atoms with Crippen molar-refractivity contribution in [3.63, 3.8) is 0 Å². The lowest BCUT2D eigenvalue weighted by Gasteiger charge is -2.12. The highest BCUT2D eigenvalue weighted by Crippen LogP contribution is 2.20. The fraction of sp³-hybridized carbons (Fsp3) is 0.647. The molecule has 0 nitrogen and oxygen atoms in total. The summed E-state index contributed by atoms with van der Waals surface area (Å²) in [5, 5.41) is 0. The van der Waals surface area contributed by atoms with Crippen molar-refractivity contribution in [2.45, 2.75) is 72.6 Å². The summed E-state index contributed by atoms with van der Waals surface area (Å²) in [7, 11) is 0. The van der Waals surface area contributed by atoms with Crippen LogP contribution in [-0.4, -0.2) is 0 Å². The van der Waals surface area contributed by atoms with E-state index in [1.54, 1.807) is 0 Å². The van der Waals surface area contributed by atoms with E-state index in [0.717, 1.165) is 6.42 Å². The van der Waals surface area contributed by atoms with Gasteiger partial charge in [0.2, 0.25) is 0 Å². The molecule has 0 aliphatic rings. The number of benzene rings is 1. The molecule has 0 saturated carbocycles. The molecule has 17 heavy (non-hydrogen) atoms. The monoisotopic (exact) mass is 233 g/mol. The Labute approximate surface area is 109 Å². The van der Waals surface area contributed by atoms with Crippen LogP contribution in [0.1, 0.15) is 69.6 Å². The minimum atomic E-state index is 0.422. The Hall–Kier alpha value is -0.780. The van der Waals surface area contributed by atoms with Crippen molar-refractivity contribution in [2.75, 3.05) is 0 Å². The summed E-state index contributed by atoms with van der Waals surface area (Å²) in [6.45, 7) is 7.09. The zero-order chi connectivity index (χ0) is 13.4. The molecule has 0 heteroatoms. The molecule has 0 radical (unpaired) electrons. The molecule has 0 atom stereocenters. The second-order valence-corrected chi connectivity index (χ2v) is 5.10. The molecule has 1 aromatic rings. The van der Waals surface area contributed by atoms with E-state index >= 15 is 0 Å². The van der Waals surface area contributed by atoms with Crippen LogP contribution in [0.25, 0.3) is 0 Å². The largest absolute Gasteiger partial charge is 0.0654 e. The SMILES string of the molecule is [2H]Cc1cc(CCC)cc(CCCCCC)c1C. The maximum atomic E-state index is 7.65. The van der Waals surface area contributed by atoms with Gasteiger partial charge in [0.05, 0.1) is 0 Å². The van der Waals surface area contributed by atoms with E-state index in [4.69, 9.17) is 1.37 Å². The Morgan fingerprint density at radius 3 is 2.47 bits per heavy atom. The standard InChI is InChI=1S/C17H28/c1-5-7-8-9-11-17-13-16(10-6-2)12-14(3)15(17)4/h12-13H,5-11H2,1-4H3/i3D. The summed E-state index contributed by atoms with van der Waals surface area (Å²) in [5.41, 5.74) is 5.50. The summed E-state index contributed by atoms with van der Waals surface area (Å²) < 4.78 is 7.65. The molecule has 96 valence electrons. The number of rotatable bonds is 7. The van der Waals surface area contributed by atoms with Crippen molar-refractivity contribution in [1.82, 2.24) is 0 Å². The maximum Gasteiger partial charge on any atom is 0.0280 e. The number of hydrogen-bond donors (Lipinski definition) is 0. The first kappa shape index (κ1) is 12.7. The van der Waals surface area contributed by atoms with Crippen LogP contribution < -0.4 is 0 Å². The normalized spacial score (nSPS) is 11.6. The molecule has 0 aliphatic heterocycles. The second kappa shape index (κ2) is 7.53. The van der Waals surface area contributed by atoms with Crippen molar-refractivity contribution in [3.8, 4) is 0 Å². The van der Waals surface area contributed by atoms with E-state index in [9.17, 15) is 0 Å². The number of aryl methyl sites for hydroxylation is 3. The number of unbranched alkanes of at least 4 members (excludes halogenated alkanes) is 3. The Bertz CT molecular complexity index is 355. The smallest absolute Gasteiger partial charge is 0.0280 e. The van der Waals surface area contributed by atoms with Gasteiger partial charge in [-0.1, -0.05) is 51.7 Å². The van der Waals surface area contributed by atoms with E-state index in [-0.39, 0.29) is 0 Å². The fourth-order valence-electron chi connectivity index (χ4n) is 2.35. The first-order valence-corrected chi connectivity index (χ1v) is 7.13. The minimum Gasteiger partial charge on any atom is -0.0654 e. The van der Waals surface area contributed by atoms with Gasteiger partial charge >= 0.3 is 0 Å². The quantitative estimate of drug-likeness (QED) is 0.555. The highest BCUT2D eigenvalue weighted by Gasteiger charge is 2.04. The highest BCUT2D eigenvalue weighted by atomic mass is 14.1. The average Bonchev–Trinajstić information content (AvgIpc) is 2.38. The number of hydrogen-bond acceptors (Lipinski definition) is 0. The lowest BCUT2D eigenvalue weighted by molar-refractivity contribution is 0.665. The highest BCUT2D eigenvalue weighted by molar-refractivity contribution is 5.37. The van der Waals surface area contributed by atoms with E-state index in [1.165, 1.54) is 60.8 Å². The van der Waals surface area contributed by atoms with Crippen molar-refractivity contribution < 1.29 is 1.37 Å². The maximum absolute atomic E-state index is 7.65. The molecule has 0 aromatic heterocycles. The topological polar surface area (TPSA) is 0 Å². The second-order valence-electron chi connectivity index (χ2n) is 5.10. The van der Waals surface area contributed by atoms with Crippen LogP contribution in [0.15, 0.2) is 12.1 Å². The van der Waals surface area contributed by atoms with E-state index in [1.807, 2.05) is 0 Å². The summed E-state index contributed by atoms with van der Waals surface area (Å²) >= 11 is 0. The predicted molar refractivity (Wildman–Crippen MR) is 77.8 cm³/mol. The molecule has 0 saturated heterocycles. The average molecular weight is 233 g/mol. The summed E-state index contributed by atoms with van der Waals surface area (Å²) in [4.78, 5) is 0. The molecular formula is C17H28. The van der Waals surface area contributed by atoms with E-state index < -0.39 is 0 Å². The van der Waals surface area contributed by atoms with Gasteiger partial charge in [0.25, 0.3) is 0 Å². The van der Waals surface area contributed by atoms with Gasteiger partial charge in [-0.05, 0) is 55.3 Å². The minimum absolute atomic E-state index is 0.422. The van der Waals surface area contributed by atoms with Crippen LogP contribution in [0.4, 0.5) is 0 Å². The van der Waals surface area contributed by atoms with Gasteiger partial charge in [0, 0.05) is 1.37 Å². The molecule has 0 fully saturated rings. The zero-order valence-electron chi connectivity index (χ0n) is 12.8. The first-order chi connectivity index (χ1) is 8.72. The van der Waals surface area contributed by atoms with E-state index in [2.05, 4.69) is 32.9 Å². The van der Waals surface area contributed by atoms with Gasteiger partial charge in [-0.3, -0.25) is 0 Å². The zero-order valence-corrected chi connectivity index (χ0v) is 11.8. The third kappa shape index (κ3) is 4.53. The lowest BCUT2D eigenvalue weighted by Crippen LogP contribution is -1.96. The van der Waals surface area contributed by atoms with E-state index in [0.29, 0.717) is 6.90 Å². The lowest BCUT2D eigenvalue weighted by atomic mass is 9.94. The molecule has 0 amide bonds. The molecule has 0 N–H and O–H groups in total. The van der Waals surface area contributed by atoms with Gasteiger partial charge in [0.15, 0.2) is 0 Å². The van der Waals surface area contributed by atoms with Crippen LogP contribution in [-0.2, 0) is 12.8 Å². The van der Waals surface area contributed by atoms with Gasteiger partial charge in [-0.15, -0.1) is 0 Å². The van der Waals surface area contributed by atoms with Crippen LogP contribution in [0.2, 0.25) is 0 Å². The Kier molecular flexibility index (Phi) is 5.61. The summed E-state index contributed by atoms with van der Waals surface area (Å²) in [6.07, 6.45) is 8.80. The van der Waals surface area contributed by atoms with Gasteiger partial charge in [-0.2, -0.15) is 0 Å². The third-order valence-electron chi connectivity index (χ3n) is 3.52. The Morgan fingerprint density at radius 1 is 1.00 bits per heavy atom. The third-order valence-corrected chi connectivity index (χ3v) is 3.52. The van der Waals surface area contributed by atoms with Crippen molar-refractivity contribution >= 4 is 0 Å². The Balaban J connectivity index is 2.77. The molecule has 0 spiro atoms. The summed E-state index contributed by atoms with van der Waals surface area (Å²) in [6, 6.07) is 4.62. The first-order valence-electron chi connectivity index (χ1n) is 7.84. The van der Waals surface area contributed by atoms with Gasteiger partial charge < -0.3 is 0 Å². The molecule has 1 aromatic carbocycles. The van der Waals surface area contributed by atoms with Crippen LogP contribution in [0.3, 0.4) is 0 Å². The summed E-state index contributed by atoms with van der Waals surface area (Å²) in [5.74, 6) is 0. The van der Waals surface area contributed by atoms with Crippen molar-refractivity contribution in [2.24, 2.45) is 0 Å². The molecule has 0 aliphatic carbocycles. The fourth-order valence-corrected chi connectivity index (χ4v) is 2.35. The van der Waals surface area contributed by atoms with Crippen molar-refractivity contribution in [1.29, 1.82) is 0 Å². The van der Waals surface area contributed by atoms with Crippen LogP contribution >= 0.6 is 0 Å². The molecule has 0 unspecified atom stereocenters. The van der Waals surface area contributed by atoms with Gasteiger partial charge in [0.1, 0.15) is 0 Å². The predicted octanol–water partition coefficient (Wildman–Crippen LogP) is 5.38. The van der Waals surface area contributed by atoms with Crippen molar-refractivity contribution in [3.05, 3.63) is 34.4 Å². The van der Waals surface area contributed by atoms with Crippen LogP contribution in [0, 0.1) is 13.8 Å². The molecule has 1 rings (SSSR count). The van der Waals surface area contributed by atoms with Crippen LogP contribution in [0.5, 0.6) is 0 Å². The molecule has 0 heterocycles. The van der Waals surface area contributed by atoms with Gasteiger partial charge in [-0.25, -0.2) is 0 Å². The molecule has 0 bridgehead atoms. The Morgan fingerprint density at radius 2 is 1.82 bits per heavy atom. The molecular weight excluding hydrogens is 204 g/mol.